The van der Waals surface area contributed by atoms with E-state index in [2.05, 4.69) is 70.1 Å². The van der Waals surface area contributed by atoms with Crippen molar-refractivity contribution in [1.82, 2.24) is 9.88 Å². The van der Waals surface area contributed by atoms with Crippen LogP contribution in [0.3, 0.4) is 0 Å². The molecule has 0 atom stereocenters. The van der Waals surface area contributed by atoms with Crippen LogP contribution in [0.1, 0.15) is 44.9 Å². The molecular weight excluding hydrogens is 198 g/mol. The van der Waals surface area contributed by atoms with Crippen LogP contribution in [0.4, 0.5) is 0 Å². The Labute approximate surface area is 99.5 Å². The van der Waals surface area contributed by atoms with E-state index in [1.54, 1.807) is 0 Å². The van der Waals surface area contributed by atoms with E-state index in [-0.39, 0.29) is 5.54 Å². The van der Waals surface area contributed by atoms with Crippen LogP contribution in [-0.4, -0.2) is 23.0 Å². The van der Waals surface area contributed by atoms with Gasteiger partial charge in [-0.2, -0.15) is 0 Å². The quantitative estimate of drug-likeness (QED) is 0.780. The van der Waals surface area contributed by atoms with E-state index >= 15 is 0 Å². The van der Waals surface area contributed by atoms with Crippen molar-refractivity contribution in [3.8, 4) is 0 Å². The van der Waals surface area contributed by atoms with Crippen LogP contribution >= 0.6 is 0 Å². The van der Waals surface area contributed by atoms with Gasteiger partial charge in [0, 0.05) is 19.9 Å². The summed E-state index contributed by atoms with van der Waals surface area (Å²) in [6.45, 7) is 13.3. The second kappa shape index (κ2) is 4.21. The zero-order valence-corrected chi connectivity index (χ0v) is 12.0. The fourth-order valence-electron chi connectivity index (χ4n) is 2.19. The summed E-state index contributed by atoms with van der Waals surface area (Å²) in [5.41, 5.74) is 2.66. The number of aryl methyl sites for hydroxylation is 1. The molecule has 16 heavy (non-hydrogen) atoms. The largest absolute Gasteiger partial charge is 0.291 e. The lowest BCUT2D eigenvalue weighted by Gasteiger charge is -2.36. The number of imidazole rings is 1. The summed E-state index contributed by atoms with van der Waals surface area (Å²) in [4.78, 5) is 5.90. The number of nitrogens with zero attached hydrogens (tertiary/aromatic N) is 2. The number of hydrogen-bond acceptors (Lipinski definition) is 1. The van der Waals surface area contributed by atoms with Crippen LogP contribution in [0.15, 0.2) is 0 Å². The van der Waals surface area contributed by atoms with E-state index in [0.717, 1.165) is 0 Å². The lowest BCUT2D eigenvalue weighted by Crippen LogP contribution is -2.44. The summed E-state index contributed by atoms with van der Waals surface area (Å²) in [5.74, 6) is 1.21. The van der Waals surface area contributed by atoms with Crippen molar-refractivity contribution in [1.29, 1.82) is 0 Å². The lowest BCUT2D eigenvalue weighted by molar-refractivity contribution is -0.682. The molecule has 0 aromatic carbocycles. The Bertz CT molecular complexity index is 375. The molecule has 0 fully saturated rings. The molecule has 1 heterocycles. The zero-order valence-electron chi connectivity index (χ0n) is 12.0. The van der Waals surface area contributed by atoms with Crippen molar-refractivity contribution in [2.45, 2.75) is 53.1 Å². The van der Waals surface area contributed by atoms with Gasteiger partial charge in [-0.15, -0.1) is 0 Å². The van der Waals surface area contributed by atoms with E-state index in [0.29, 0.717) is 6.04 Å². The topological polar surface area (TPSA) is 22.9 Å². The summed E-state index contributed by atoms with van der Waals surface area (Å²) >= 11 is 0. The Kier molecular flexibility index (Phi) is 3.48. The van der Waals surface area contributed by atoms with Gasteiger partial charge in [-0.3, -0.25) is 4.90 Å². The first-order chi connectivity index (χ1) is 7.19. The van der Waals surface area contributed by atoms with Crippen LogP contribution in [0.2, 0.25) is 0 Å². The fourth-order valence-corrected chi connectivity index (χ4v) is 2.19. The Morgan fingerprint density at radius 3 is 2.06 bits per heavy atom. The van der Waals surface area contributed by atoms with E-state index in [9.17, 15) is 0 Å². The molecule has 0 bridgehead atoms. The summed E-state index contributed by atoms with van der Waals surface area (Å²) in [5, 5.41) is 0. The molecule has 0 unspecified atom stereocenters. The summed E-state index contributed by atoms with van der Waals surface area (Å²) in [6.07, 6.45) is 0. The van der Waals surface area contributed by atoms with Gasteiger partial charge in [0.15, 0.2) is 5.69 Å². The van der Waals surface area contributed by atoms with Crippen LogP contribution < -0.4 is 4.57 Å². The molecule has 1 N–H and O–H groups in total. The molecule has 0 spiro atoms. The SMILES string of the molecule is Cc1[nH]c(C(C)(C)N(C)C(C)C)c(C)[n+]1C. The van der Waals surface area contributed by atoms with Crippen molar-refractivity contribution in [3.05, 3.63) is 17.2 Å². The molecule has 1 aromatic heterocycles. The van der Waals surface area contributed by atoms with Gasteiger partial charge in [0.05, 0.1) is 12.6 Å². The molecule has 0 aliphatic heterocycles. The first-order valence-electron chi connectivity index (χ1n) is 5.98. The van der Waals surface area contributed by atoms with Crippen LogP contribution in [0.5, 0.6) is 0 Å². The first kappa shape index (κ1) is 13.2. The van der Waals surface area contributed by atoms with Crippen LogP contribution in [0, 0.1) is 13.8 Å². The molecule has 3 heteroatoms. The average molecular weight is 224 g/mol. The number of hydrogen-bond donors (Lipinski definition) is 1. The molecule has 0 aliphatic rings. The zero-order chi connectivity index (χ0) is 12.7. The maximum atomic E-state index is 3.51. The summed E-state index contributed by atoms with van der Waals surface area (Å²) < 4.78 is 2.21. The van der Waals surface area contributed by atoms with E-state index in [4.69, 9.17) is 0 Å². The molecule has 0 amide bonds. The molecule has 1 rings (SSSR count). The summed E-state index contributed by atoms with van der Waals surface area (Å²) in [7, 11) is 4.29. The average Bonchev–Trinajstić information content (AvgIpc) is 2.45. The maximum Gasteiger partial charge on any atom is 0.251 e. The number of nitrogens with one attached hydrogen (secondary N) is 1. The highest BCUT2D eigenvalue weighted by atomic mass is 15.2. The Hall–Kier alpha value is -0.830. The minimum absolute atomic E-state index is 0.0320. The maximum absolute atomic E-state index is 3.51. The van der Waals surface area contributed by atoms with Gasteiger partial charge in [-0.25, -0.2) is 9.55 Å². The normalized spacial score (nSPS) is 12.9. The van der Waals surface area contributed by atoms with Gasteiger partial charge < -0.3 is 0 Å². The molecule has 92 valence electrons. The molecular formula is C13H26N3+. The third-order valence-electron chi connectivity index (χ3n) is 3.94. The second-order valence-corrected chi connectivity index (χ2v) is 5.49. The van der Waals surface area contributed by atoms with Crippen LogP contribution in [0.25, 0.3) is 0 Å². The standard InChI is InChI=1S/C13H25N3/c1-9(2)16(8)13(5,6)12-10(3)15(7)11(4)14-12/h9H,1-8H3/p+1. The predicted molar refractivity (Wildman–Crippen MR) is 67.4 cm³/mol. The minimum atomic E-state index is 0.0320. The third kappa shape index (κ3) is 2.01. The second-order valence-electron chi connectivity index (χ2n) is 5.49. The molecule has 0 saturated heterocycles. The van der Waals surface area contributed by atoms with Gasteiger partial charge in [-0.05, 0) is 34.7 Å². The Balaban J connectivity index is 3.21. The Morgan fingerprint density at radius 2 is 1.75 bits per heavy atom. The van der Waals surface area contributed by atoms with Gasteiger partial charge >= 0.3 is 0 Å². The van der Waals surface area contributed by atoms with E-state index in [1.165, 1.54) is 17.2 Å². The van der Waals surface area contributed by atoms with Gasteiger partial charge in [0.1, 0.15) is 5.69 Å². The van der Waals surface area contributed by atoms with Crippen LogP contribution in [-0.2, 0) is 12.6 Å². The van der Waals surface area contributed by atoms with Gasteiger partial charge in [0.25, 0.3) is 5.82 Å². The number of aromatic nitrogens is 2. The summed E-state index contributed by atoms with van der Waals surface area (Å²) in [6, 6.07) is 0.531. The molecule has 0 aliphatic carbocycles. The number of rotatable bonds is 3. The fraction of sp³-hybridized carbons (Fsp3) is 0.769. The third-order valence-corrected chi connectivity index (χ3v) is 3.94. The van der Waals surface area contributed by atoms with Crippen molar-refractivity contribution in [2.24, 2.45) is 7.05 Å². The highest BCUT2D eigenvalue weighted by molar-refractivity contribution is 5.16. The van der Waals surface area contributed by atoms with Crippen molar-refractivity contribution in [3.63, 3.8) is 0 Å². The van der Waals surface area contributed by atoms with E-state index < -0.39 is 0 Å². The highest BCUT2D eigenvalue weighted by Crippen LogP contribution is 2.28. The van der Waals surface area contributed by atoms with Gasteiger partial charge in [-0.1, -0.05) is 0 Å². The Morgan fingerprint density at radius 1 is 1.25 bits per heavy atom. The van der Waals surface area contributed by atoms with Gasteiger partial charge in [0.2, 0.25) is 0 Å². The molecule has 3 nitrogen and oxygen atoms in total. The van der Waals surface area contributed by atoms with Crippen molar-refractivity contribution in [2.75, 3.05) is 7.05 Å². The van der Waals surface area contributed by atoms with Crippen molar-refractivity contribution >= 4 is 0 Å². The van der Waals surface area contributed by atoms with E-state index in [1.807, 2.05) is 0 Å². The highest BCUT2D eigenvalue weighted by Gasteiger charge is 2.35. The minimum Gasteiger partial charge on any atom is -0.291 e. The number of H-pyrrole nitrogens is 1. The smallest absolute Gasteiger partial charge is 0.251 e. The predicted octanol–water partition coefficient (Wildman–Crippen LogP) is 2.03. The molecule has 0 saturated carbocycles. The number of aromatic amines is 1. The molecule has 1 aromatic rings. The monoisotopic (exact) mass is 224 g/mol. The molecule has 0 radical (unpaired) electrons. The lowest BCUT2D eigenvalue weighted by atomic mass is 9.95. The van der Waals surface area contributed by atoms with Crippen molar-refractivity contribution < 1.29 is 4.57 Å². The first-order valence-corrected chi connectivity index (χ1v) is 5.98.